The van der Waals surface area contributed by atoms with Crippen molar-refractivity contribution >= 4 is 11.8 Å². The van der Waals surface area contributed by atoms with E-state index in [0.29, 0.717) is 18.3 Å². The van der Waals surface area contributed by atoms with Crippen LogP contribution < -0.4 is 0 Å². The van der Waals surface area contributed by atoms with Crippen LogP contribution in [-0.4, -0.2) is 28.1 Å². The number of rotatable bonds is 1. The molecule has 0 amide bonds. The Morgan fingerprint density at radius 1 is 0.939 bits per heavy atom. The fraction of sp³-hybridized carbons (Fsp3) is 0.793. The van der Waals surface area contributed by atoms with Crippen LogP contribution in [-0.2, 0) is 9.59 Å². The molecule has 33 heavy (non-hydrogen) atoms. The summed E-state index contributed by atoms with van der Waals surface area (Å²) in [5, 5.41) is 20.7. The third-order valence-electron chi connectivity index (χ3n) is 11.9. The first kappa shape index (κ1) is 23.3. The SMILES string of the molecule is CC1(C)[C@@H](O)CC[C@]2(C)[C@H]3C(=O)C=C4C5=C[C@@](C)(C(=O)O)CC[C@H]5CC[C@@]4(C)[C@]3(C)CC[C@@H]12. The highest BCUT2D eigenvalue weighted by molar-refractivity contribution is 5.96. The standard InChI is InChI=1S/C29H42O4/c1-25(2)21-9-14-29(6)23(27(21,4)12-10-22(25)31)20(30)15-19-18-16-26(3,24(32)33)11-7-17(18)8-13-28(19,29)5/h15-17,21-23,31H,7-14H2,1-6H3,(H,32,33)/t17-,21-,22-,23+,26-,27-,28+,29+/m0/s1. The minimum atomic E-state index is -0.848. The average Bonchev–Trinajstić information content (AvgIpc) is 2.72. The number of hydrogen-bond donors (Lipinski definition) is 2. The summed E-state index contributed by atoms with van der Waals surface area (Å²) in [6, 6.07) is 0. The van der Waals surface area contributed by atoms with E-state index in [-0.39, 0.29) is 39.5 Å². The minimum absolute atomic E-state index is 0.0455. The Morgan fingerprint density at radius 3 is 2.27 bits per heavy atom. The van der Waals surface area contributed by atoms with Crippen molar-refractivity contribution in [2.24, 2.45) is 44.8 Å². The van der Waals surface area contributed by atoms with E-state index in [9.17, 15) is 19.8 Å². The summed E-state index contributed by atoms with van der Waals surface area (Å²) < 4.78 is 0. The van der Waals surface area contributed by atoms with Gasteiger partial charge in [-0.1, -0.05) is 40.7 Å². The number of carbonyl (C=O) groups is 2. The molecule has 0 aromatic rings. The molecule has 4 heteroatoms. The Kier molecular flexibility index (Phi) is 4.83. The van der Waals surface area contributed by atoms with Crippen molar-refractivity contribution < 1.29 is 19.8 Å². The highest BCUT2D eigenvalue weighted by Crippen LogP contribution is 2.73. The molecule has 2 N–H and O–H groups in total. The van der Waals surface area contributed by atoms with Gasteiger partial charge in [0.05, 0.1) is 11.5 Å². The van der Waals surface area contributed by atoms with Crippen LogP contribution in [0.2, 0.25) is 0 Å². The fourth-order valence-electron chi connectivity index (χ4n) is 9.58. The second-order valence-electron chi connectivity index (χ2n) is 13.7. The van der Waals surface area contributed by atoms with Gasteiger partial charge in [-0.3, -0.25) is 9.59 Å². The maximum atomic E-state index is 14.1. The normalized spacial score (nSPS) is 50.7. The van der Waals surface area contributed by atoms with Crippen LogP contribution in [0, 0.1) is 44.8 Å². The van der Waals surface area contributed by atoms with Crippen LogP contribution in [0.3, 0.4) is 0 Å². The molecule has 0 aliphatic heterocycles. The maximum Gasteiger partial charge on any atom is 0.313 e. The van der Waals surface area contributed by atoms with Crippen LogP contribution in [0.15, 0.2) is 23.3 Å². The molecule has 8 atom stereocenters. The van der Waals surface area contributed by atoms with Gasteiger partial charge in [-0.05, 0) is 109 Å². The molecule has 0 unspecified atom stereocenters. The summed E-state index contributed by atoms with van der Waals surface area (Å²) in [5.74, 6) is 0.142. The lowest BCUT2D eigenvalue weighted by Crippen LogP contribution is -2.65. The van der Waals surface area contributed by atoms with Crippen molar-refractivity contribution in [2.45, 2.75) is 99.0 Å². The first-order valence-electron chi connectivity index (χ1n) is 13.1. The number of hydrogen-bond acceptors (Lipinski definition) is 3. The van der Waals surface area contributed by atoms with E-state index in [4.69, 9.17) is 0 Å². The maximum absolute atomic E-state index is 14.1. The minimum Gasteiger partial charge on any atom is -0.481 e. The summed E-state index contributed by atoms with van der Waals surface area (Å²) in [6.45, 7) is 13.3. The van der Waals surface area contributed by atoms with Gasteiger partial charge in [0.2, 0.25) is 0 Å². The van der Waals surface area contributed by atoms with Gasteiger partial charge < -0.3 is 10.2 Å². The molecule has 0 saturated heterocycles. The zero-order valence-electron chi connectivity index (χ0n) is 21.3. The smallest absolute Gasteiger partial charge is 0.313 e. The molecule has 5 aliphatic carbocycles. The van der Waals surface area contributed by atoms with Gasteiger partial charge in [0.25, 0.3) is 0 Å². The molecule has 3 saturated carbocycles. The Bertz CT molecular complexity index is 974. The highest BCUT2D eigenvalue weighted by Gasteiger charge is 2.68. The first-order valence-corrected chi connectivity index (χ1v) is 13.1. The van der Waals surface area contributed by atoms with Gasteiger partial charge in [-0.2, -0.15) is 0 Å². The molecule has 0 spiro atoms. The number of carboxylic acid groups (broad SMARTS) is 1. The van der Waals surface area contributed by atoms with E-state index in [1.807, 2.05) is 19.1 Å². The number of aliphatic hydroxyl groups is 1. The molecule has 0 heterocycles. The highest BCUT2D eigenvalue weighted by atomic mass is 16.4. The molecule has 0 bridgehead atoms. The number of carbonyl (C=O) groups excluding carboxylic acids is 1. The Labute approximate surface area is 198 Å². The fourth-order valence-corrected chi connectivity index (χ4v) is 9.58. The van der Waals surface area contributed by atoms with Crippen molar-refractivity contribution in [2.75, 3.05) is 0 Å². The second-order valence-corrected chi connectivity index (χ2v) is 13.7. The summed E-state index contributed by atoms with van der Waals surface area (Å²) in [7, 11) is 0. The number of ketones is 1. The summed E-state index contributed by atoms with van der Waals surface area (Å²) >= 11 is 0. The Hall–Kier alpha value is -1.42. The van der Waals surface area contributed by atoms with Gasteiger partial charge in [0.1, 0.15) is 0 Å². The van der Waals surface area contributed by atoms with Gasteiger partial charge in [0.15, 0.2) is 5.78 Å². The lowest BCUT2D eigenvalue weighted by Gasteiger charge is -2.68. The summed E-state index contributed by atoms with van der Waals surface area (Å²) in [6.07, 6.45) is 11.0. The Morgan fingerprint density at radius 2 is 1.61 bits per heavy atom. The lowest BCUT2D eigenvalue weighted by atomic mass is 9.35. The van der Waals surface area contributed by atoms with Crippen LogP contribution in [0.5, 0.6) is 0 Å². The number of allylic oxidation sites excluding steroid dienone is 3. The predicted molar refractivity (Wildman–Crippen MR) is 128 cm³/mol. The second kappa shape index (κ2) is 6.83. The molecule has 0 radical (unpaired) electrons. The number of fused-ring (bicyclic) bond motifs is 7. The van der Waals surface area contributed by atoms with Gasteiger partial charge >= 0.3 is 5.97 Å². The van der Waals surface area contributed by atoms with Crippen LogP contribution in [0.1, 0.15) is 92.9 Å². The molecule has 5 aliphatic rings. The lowest BCUT2D eigenvalue weighted by molar-refractivity contribution is -0.196. The van der Waals surface area contributed by atoms with Crippen molar-refractivity contribution in [3.63, 3.8) is 0 Å². The molecule has 4 nitrogen and oxygen atoms in total. The summed E-state index contributed by atoms with van der Waals surface area (Å²) in [4.78, 5) is 26.2. The Balaban J connectivity index is 1.65. The molecule has 182 valence electrons. The quantitative estimate of drug-likeness (QED) is 0.514. The molecular weight excluding hydrogens is 412 g/mol. The van der Waals surface area contributed by atoms with E-state index >= 15 is 0 Å². The van der Waals surface area contributed by atoms with E-state index < -0.39 is 11.4 Å². The molecule has 0 aromatic heterocycles. The van der Waals surface area contributed by atoms with Crippen molar-refractivity contribution in [1.82, 2.24) is 0 Å². The number of aliphatic carboxylic acids is 1. The van der Waals surface area contributed by atoms with E-state index in [2.05, 4.69) is 34.6 Å². The molecule has 0 aromatic carbocycles. The van der Waals surface area contributed by atoms with Crippen molar-refractivity contribution in [3.8, 4) is 0 Å². The molecule has 3 fully saturated rings. The van der Waals surface area contributed by atoms with Gasteiger partial charge in [0, 0.05) is 5.92 Å². The zero-order valence-corrected chi connectivity index (χ0v) is 21.3. The number of carboxylic acids is 1. The van der Waals surface area contributed by atoms with E-state index in [0.717, 1.165) is 56.1 Å². The third-order valence-corrected chi connectivity index (χ3v) is 11.9. The van der Waals surface area contributed by atoms with Crippen molar-refractivity contribution in [1.29, 1.82) is 0 Å². The zero-order chi connectivity index (χ0) is 24.2. The molecular formula is C29H42O4. The third kappa shape index (κ3) is 2.79. The van der Waals surface area contributed by atoms with Crippen LogP contribution in [0.25, 0.3) is 0 Å². The van der Waals surface area contributed by atoms with Crippen LogP contribution in [0.4, 0.5) is 0 Å². The monoisotopic (exact) mass is 454 g/mol. The summed E-state index contributed by atoms with van der Waals surface area (Å²) in [5.41, 5.74) is 0.863. The molecule has 5 rings (SSSR count). The predicted octanol–water partition coefficient (Wildman–Crippen LogP) is 5.94. The van der Waals surface area contributed by atoms with Gasteiger partial charge in [-0.15, -0.1) is 0 Å². The van der Waals surface area contributed by atoms with E-state index in [1.54, 1.807) is 0 Å². The first-order chi connectivity index (χ1) is 15.2. The van der Waals surface area contributed by atoms with Crippen molar-refractivity contribution in [3.05, 3.63) is 23.3 Å². The topological polar surface area (TPSA) is 74.6 Å². The largest absolute Gasteiger partial charge is 0.481 e. The van der Waals surface area contributed by atoms with Crippen LogP contribution >= 0.6 is 0 Å². The average molecular weight is 455 g/mol. The number of aliphatic hydroxyl groups excluding tert-OH is 1. The van der Waals surface area contributed by atoms with E-state index in [1.165, 1.54) is 0 Å². The van der Waals surface area contributed by atoms with Gasteiger partial charge in [-0.25, -0.2) is 0 Å².